The molecule has 5 nitrogen and oxygen atoms in total. The number of hydrogen-bond acceptors (Lipinski definition) is 5. The molecule has 0 amide bonds. The van der Waals surface area contributed by atoms with Crippen molar-refractivity contribution in [3.05, 3.63) is 17.4 Å². The topological polar surface area (TPSA) is 68.1 Å². The normalized spacial score (nSPS) is 12.3. The van der Waals surface area contributed by atoms with Gasteiger partial charge in [0, 0.05) is 5.56 Å². The molecular weight excluding hydrogens is 205 g/mol. The first-order chi connectivity index (χ1) is 7.24. The fraction of sp³-hybridized carbons (Fsp3) is 0.222. The van der Waals surface area contributed by atoms with Crippen molar-refractivity contribution in [2.45, 2.75) is 6.54 Å². The van der Waals surface area contributed by atoms with Crippen LogP contribution in [0.2, 0.25) is 0 Å². The summed E-state index contributed by atoms with van der Waals surface area (Å²) in [5.41, 5.74) is 0.153. The Morgan fingerprint density at radius 2 is 2.40 bits per heavy atom. The van der Waals surface area contributed by atoms with E-state index in [4.69, 9.17) is 9.47 Å². The highest BCUT2D eigenvalue weighted by Gasteiger charge is 2.24. The Kier molecular flexibility index (Phi) is 2.27. The molecule has 0 saturated carbocycles. The number of hydrogen-bond donors (Lipinski definition) is 1. The van der Waals surface area contributed by atoms with Gasteiger partial charge in [-0.25, -0.2) is 9.79 Å². The maximum absolute atomic E-state index is 13.4. The number of benzene rings is 1. The number of phenolic OH excluding ortho intramolecular Hbond substituents is 1. The van der Waals surface area contributed by atoms with E-state index in [2.05, 4.69) is 4.99 Å². The van der Waals surface area contributed by atoms with E-state index in [1.807, 2.05) is 0 Å². The molecule has 15 heavy (non-hydrogen) atoms. The number of nitrogens with zero attached hydrogens (tertiary/aromatic N) is 1. The lowest BCUT2D eigenvalue weighted by atomic mass is 10.1. The quantitative estimate of drug-likeness (QED) is 0.587. The number of halogens is 1. The van der Waals surface area contributed by atoms with Crippen LogP contribution in [0.1, 0.15) is 5.56 Å². The van der Waals surface area contributed by atoms with E-state index in [-0.39, 0.29) is 30.4 Å². The molecule has 1 N–H and O–H groups in total. The van der Waals surface area contributed by atoms with Gasteiger partial charge in [-0.15, -0.1) is 0 Å². The maximum atomic E-state index is 13.4. The predicted molar refractivity (Wildman–Crippen MR) is 46.0 cm³/mol. The summed E-state index contributed by atoms with van der Waals surface area (Å²) < 4.78 is 23.1. The number of aromatic hydroxyl groups is 1. The van der Waals surface area contributed by atoms with Gasteiger partial charge in [0.15, 0.2) is 11.5 Å². The van der Waals surface area contributed by atoms with Gasteiger partial charge in [0.2, 0.25) is 24.4 Å². The lowest BCUT2D eigenvalue weighted by Crippen LogP contribution is -1.93. The number of fused-ring (bicyclic) bond motifs is 1. The van der Waals surface area contributed by atoms with Crippen molar-refractivity contribution < 1.29 is 23.8 Å². The summed E-state index contributed by atoms with van der Waals surface area (Å²) in [6, 6.07) is 1.38. The molecule has 1 aromatic rings. The molecule has 0 aliphatic carbocycles. The first kappa shape index (κ1) is 9.48. The zero-order valence-corrected chi connectivity index (χ0v) is 7.49. The molecule has 1 aromatic carbocycles. The highest BCUT2D eigenvalue weighted by molar-refractivity contribution is 5.53. The Hall–Kier alpha value is -2.07. The van der Waals surface area contributed by atoms with Crippen molar-refractivity contribution in [3.63, 3.8) is 0 Å². The fourth-order valence-corrected chi connectivity index (χ4v) is 1.28. The minimum atomic E-state index is -0.902. The molecular formula is C9H6FNO4. The average molecular weight is 211 g/mol. The summed E-state index contributed by atoms with van der Waals surface area (Å²) in [7, 11) is 0. The first-order valence-electron chi connectivity index (χ1n) is 4.07. The SMILES string of the molecule is O=C=NCc1cc2c(c(F)c1O)OCO2. The number of rotatable bonds is 2. The van der Waals surface area contributed by atoms with E-state index in [0.29, 0.717) is 0 Å². The minimum Gasteiger partial charge on any atom is -0.504 e. The second-order valence-corrected chi connectivity index (χ2v) is 2.84. The summed E-state index contributed by atoms with van der Waals surface area (Å²) in [4.78, 5) is 13.1. The van der Waals surface area contributed by atoms with E-state index in [1.54, 1.807) is 0 Å². The van der Waals surface area contributed by atoms with Gasteiger partial charge in [0.25, 0.3) is 0 Å². The van der Waals surface area contributed by atoms with Gasteiger partial charge in [0.1, 0.15) is 0 Å². The Morgan fingerprint density at radius 1 is 1.60 bits per heavy atom. The maximum Gasteiger partial charge on any atom is 0.235 e. The summed E-state index contributed by atoms with van der Waals surface area (Å²) in [6.45, 7) is -0.241. The number of isocyanates is 1. The van der Waals surface area contributed by atoms with Gasteiger partial charge >= 0.3 is 0 Å². The zero-order chi connectivity index (χ0) is 10.8. The molecule has 0 unspecified atom stereocenters. The van der Waals surface area contributed by atoms with Gasteiger partial charge in [-0.05, 0) is 6.07 Å². The van der Waals surface area contributed by atoms with Crippen molar-refractivity contribution >= 4 is 6.08 Å². The third-order valence-electron chi connectivity index (χ3n) is 1.97. The van der Waals surface area contributed by atoms with Gasteiger partial charge in [-0.3, -0.25) is 0 Å². The molecule has 0 aromatic heterocycles. The number of carbonyl (C=O) groups excluding carboxylic acids is 1. The van der Waals surface area contributed by atoms with E-state index in [1.165, 1.54) is 12.1 Å². The summed E-state index contributed by atoms with van der Waals surface area (Å²) in [5.74, 6) is -1.41. The van der Waals surface area contributed by atoms with Gasteiger partial charge in [0.05, 0.1) is 6.54 Å². The van der Waals surface area contributed by atoms with Crippen LogP contribution in [-0.4, -0.2) is 18.0 Å². The lowest BCUT2D eigenvalue weighted by Gasteiger charge is -2.04. The number of ether oxygens (including phenoxy) is 2. The van der Waals surface area contributed by atoms with E-state index < -0.39 is 11.6 Å². The van der Waals surface area contributed by atoms with Crippen LogP contribution < -0.4 is 9.47 Å². The molecule has 0 atom stereocenters. The molecule has 78 valence electrons. The third kappa shape index (κ3) is 1.51. The number of aliphatic imine (C=N–C) groups is 1. The van der Waals surface area contributed by atoms with Crippen molar-refractivity contribution in [2.24, 2.45) is 4.99 Å². The molecule has 0 radical (unpaired) electrons. The van der Waals surface area contributed by atoms with Crippen molar-refractivity contribution in [1.29, 1.82) is 0 Å². The Bertz CT molecular complexity index is 454. The largest absolute Gasteiger partial charge is 0.504 e. The van der Waals surface area contributed by atoms with E-state index in [0.717, 1.165) is 0 Å². The summed E-state index contributed by atoms with van der Waals surface area (Å²) in [5, 5.41) is 9.39. The van der Waals surface area contributed by atoms with Crippen molar-refractivity contribution in [1.82, 2.24) is 0 Å². The van der Waals surface area contributed by atoms with Gasteiger partial charge < -0.3 is 14.6 Å². The van der Waals surface area contributed by atoms with Crippen LogP contribution in [0.4, 0.5) is 4.39 Å². The van der Waals surface area contributed by atoms with Crippen LogP contribution in [0.3, 0.4) is 0 Å². The monoisotopic (exact) mass is 211 g/mol. The summed E-state index contributed by atoms with van der Waals surface area (Å²) in [6.07, 6.45) is 1.30. The first-order valence-corrected chi connectivity index (χ1v) is 4.07. The second kappa shape index (κ2) is 3.59. The zero-order valence-electron chi connectivity index (χ0n) is 7.49. The number of phenols is 1. The molecule has 1 aliphatic rings. The smallest absolute Gasteiger partial charge is 0.235 e. The molecule has 0 saturated heterocycles. The molecule has 1 heterocycles. The van der Waals surface area contributed by atoms with Gasteiger partial charge in [-0.2, -0.15) is 4.39 Å². The van der Waals surface area contributed by atoms with Crippen molar-refractivity contribution in [2.75, 3.05) is 6.79 Å². The van der Waals surface area contributed by atoms with Crippen molar-refractivity contribution in [3.8, 4) is 17.2 Å². The molecule has 6 heteroatoms. The predicted octanol–water partition coefficient (Wildman–Crippen LogP) is 1.10. The molecule has 0 spiro atoms. The second-order valence-electron chi connectivity index (χ2n) is 2.84. The lowest BCUT2D eigenvalue weighted by molar-refractivity contribution is 0.170. The average Bonchev–Trinajstić information content (AvgIpc) is 2.69. The van der Waals surface area contributed by atoms with Crippen LogP contribution in [0, 0.1) is 5.82 Å². The highest BCUT2D eigenvalue weighted by Crippen LogP contribution is 2.41. The van der Waals surface area contributed by atoms with E-state index in [9.17, 15) is 14.3 Å². The van der Waals surface area contributed by atoms with Crippen LogP contribution >= 0.6 is 0 Å². The Morgan fingerprint density at radius 3 is 3.13 bits per heavy atom. The van der Waals surface area contributed by atoms with Crippen LogP contribution in [0.25, 0.3) is 0 Å². The molecule has 2 rings (SSSR count). The molecule has 1 aliphatic heterocycles. The van der Waals surface area contributed by atoms with Gasteiger partial charge in [-0.1, -0.05) is 0 Å². The molecule has 0 fully saturated rings. The third-order valence-corrected chi connectivity index (χ3v) is 1.97. The Balaban J connectivity index is 2.48. The molecule has 0 bridgehead atoms. The van der Waals surface area contributed by atoms with Crippen LogP contribution in [-0.2, 0) is 11.3 Å². The fourth-order valence-electron chi connectivity index (χ4n) is 1.28. The van der Waals surface area contributed by atoms with E-state index >= 15 is 0 Å². The minimum absolute atomic E-state index is 0.0912. The van der Waals surface area contributed by atoms with Crippen LogP contribution in [0.5, 0.6) is 17.2 Å². The Labute approximate surface area is 83.8 Å². The standard InChI is InChI=1S/C9H6FNO4/c10-7-8(13)5(2-11-3-12)1-6-9(7)15-4-14-6/h1,13H,2,4H2. The summed E-state index contributed by atoms with van der Waals surface area (Å²) >= 11 is 0. The highest BCUT2D eigenvalue weighted by atomic mass is 19.1. The van der Waals surface area contributed by atoms with Crippen LogP contribution in [0.15, 0.2) is 11.1 Å².